The second-order valence-electron chi connectivity index (χ2n) is 5.20. The highest BCUT2D eigenvalue weighted by Gasteiger charge is 2.34. The molecule has 2 aliphatic rings. The Balaban J connectivity index is 1.51. The summed E-state index contributed by atoms with van der Waals surface area (Å²) in [4.78, 5) is 13.5. The number of rotatable bonds is 4. The Bertz CT molecular complexity index is 533. The standard InChI is InChI=1S/C14H16F2N2O3/c15-14(16)9-6-18(7-9)8-13(19)17-10-1-2-11-12(5-10)21-4-3-20-11/h1-2,5,9,14H,3-4,6-8H2,(H,17,19). The normalized spacial score (nSPS) is 18.4. The highest BCUT2D eigenvalue weighted by Crippen LogP contribution is 2.32. The molecule has 21 heavy (non-hydrogen) atoms. The van der Waals surface area contributed by atoms with Crippen LogP contribution in [0.2, 0.25) is 0 Å². The number of anilines is 1. The second kappa shape index (κ2) is 5.85. The molecule has 1 saturated heterocycles. The molecule has 2 heterocycles. The highest BCUT2D eigenvalue weighted by atomic mass is 19.3. The van der Waals surface area contributed by atoms with Gasteiger partial charge in [0.1, 0.15) is 13.2 Å². The van der Waals surface area contributed by atoms with Gasteiger partial charge in [0.05, 0.1) is 6.54 Å². The van der Waals surface area contributed by atoms with Crippen molar-refractivity contribution in [3.8, 4) is 11.5 Å². The molecule has 1 amide bonds. The molecule has 1 aromatic rings. The number of ether oxygens (including phenoxy) is 2. The number of hydrogen-bond acceptors (Lipinski definition) is 4. The van der Waals surface area contributed by atoms with E-state index in [1.54, 1.807) is 23.1 Å². The fraction of sp³-hybridized carbons (Fsp3) is 0.500. The number of halogens is 2. The zero-order chi connectivity index (χ0) is 14.8. The third-order valence-corrected chi connectivity index (χ3v) is 3.53. The fourth-order valence-corrected chi connectivity index (χ4v) is 2.42. The molecule has 3 rings (SSSR count). The van der Waals surface area contributed by atoms with Crippen molar-refractivity contribution in [2.24, 2.45) is 5.92 Å². The van der Waals surface area contributed by atoms with Crippen LogP contribution in [0.25, 0.3) is 0 Å². The van der Waals surface area contributed by atoms with Crippen LogP contribution in [-0.4, -0.2) is 50.1 Å². The number of benzene rings is 1. The highest BCUT2D eigenvalue weighted by molar-refractivity contribution is 5.92. The van der Waals surface area contributed by atoms with E-state index in [4.69, 9.17) is 9.47 Å². The monoisotopic (exact) mass is 298 g/mol. The number of carbonyl (C=O) groups excluding carboxylic acids is 1. The molecule has 1 fully saturated rings. The van der Waals surface area contributed by atoms with Crippen LogP contribution in [0.5, 0.6) is 11.5 Å². The van der Waals surface area contributed by atoms with Gasteiger partial charge in [-0.2, -0.15) is 0 Å². The van der Waals surface area contributed by atoms with E-state index in [0.717, 1.165) is 0 Å². The van der Waals surface area contributed by atoms with Gasteiger partial charge < -0.3 is 14.8 Å². The molecule has 0 unspecified atom stereocenters. The molecule has 7 heteroatoms. The average molecular weight is 298 g/mol. The lowest BCUT2D eigenvalue weighted by atomic mass is 10.0. The van der Waals surface area contributed by atoms with Gasteiger partial charge in [-0.3, -0.25) is 9.69 Å². The minimum absolute atomic E-state index is 0.123. The van der Waals surface area contributed by atoms with E-state index >= 15 is 0 Å². The summed E-state index contributed by atoms with van der Waals surface area (Å²) in [6.07, 6.45) is -2.30. The van der Waals surface area contributed by atoms with Crippen molar-refractivity contribution in [2.45, 2.75) is 6.43 Å². The molecule has 0 radical (unpaired) electrons. The van der Waals surface area contributed by atoms with Gasteiger partial charge in [0.2, 0.25) is 12.3 Å². The molecular weight excluding hydrogens is 282 g/mol. The Morgan fingerprint density at radius 1 is 1.29 bits per heavy atom. The minimum atomic E-state index is -2.30. The number of fused-ring (bicyclic) bond motifs is 1. The molecule has 1 aromatic carbocycles. The Labute approximate surface area is 120 Å². The number of likely N-dealkylation sites (tertiary alicyclic amines) is 1. The van der Waals surface area contributed by atoms with Crippen molar-refractivity contribution in [1.82, 2.24) is 4.90 Å². The van der Waals surface area contributed by atoms with Crippen LogP contribution >= 0.6 is 0 Å². The molecule has 0 atom stereocenters. The van der Waals surface area contributed by atoms with Crippen molar-refractivity contribution < 1.29 is 23.0 Å². The van der Waals surface area contributed by atoms with E-state index in [0.29, 0.717) is 30.4 Å². The van der Waals surface area contributed by atoms with Crippen LogP contribution in [0.15, 0.2) is 18.2 Å². The summed E-state index contributed by atoms with van der Waals surface area (Å²) in [5.41, 5.74) is 0.607. The lowest BCUT2D eigenvalue weighted by Crippen LogP contribution is -2.52. The van der Waals surface area contributed by atoms with Gasteiger partial charge in [-0.1, -0.05) is 0 Å². The zero-order valence-electron chi connectivity index (χ0n) is 11.4. The number of hydrogen-bond donors (Lipinski definition) is 1. The third-order valence-electron chi connectivity index (χ3n) is 3.53. The summed E-state index contributed by atoms with van der Waals surface area (Å²) in [6.45, 7) is 1.66. The van der Waals surface area contributed by atoms with E-state index in [1.165, 1.54) is 0 Å². The molecule has 0 spiro atoms. The Morgan fingerprint density at radius 2 is 2.00 bits per heavy atom. The first kappa shape index (κ1) is 14.1. The summed E-state index contributed by atoms with van der Waals surface area (Å²) in [5, 5.41) is 2.73. The number of amides is 1. The number of nitrogens with zero attached hydrogens (tertiary/aromatic N) is 1. The maximum atomic E-state index is 12.3. The molecular formula is C14H16F2N2O3. The fourth-order valence-electron chi connectivity index (χ4n) is 2.42. The Hall–Kier alpha value is -1.89. The molecule has 1 N–H and O–H groups in total. The van der Waals surface area contributed by atoms with Crippen molar-refractivity contribution in [3.63, 3.8) is 0 Å². The minimum Gasteiger partial charge on any atom is -0.486 e. The lowest BCUT2D eigenvalue weighted by molar-refractivity contribution is -0.120. The predicted octanol–water partition coefficient (Wildman–Crippen LogP) is 1.59. The van der Waals surface area contributed by atoms with E-state index in [1.807, 2.05) is 0 Å². The van der Waals surface area contributed by atoms with Crippen LogP contribution < -0.4 is 14.8 Å². The summed E-state index contributed by atoms with van der Waals surface area (Å²) in [6, 6.07) is 5.16. The van der Waals surface area contributed by atoms with Crippen LogP contribution in [0.4, 0.5) is 14.5 Å². The van der Waals surface area contributed by atoms with Gasteiger partial charge >= 0.3 is 0 Å². The predicted molar refractivity (Wildman–Crippen MR) is 72.0 cm³/mol. The summed E-state index contributed by atoms with van der Waals surface area (Å²) in [5.74, 6) is 0.425. The van der Waals surface area contributed by atoms with Gasteiger partial charge in [-0.25, -0.2) is 8.78 Å². The van der Waals surface area contributed by atoms with Crippen LogP contribution in [0, 0.1) is 5.92 Å². The first-order chi connectivity index (χ1) is 10.1. The molecule has 0 aromatic heterocycles. The van der Waals surface area contributed by atoms with Gasteiger partial charge in [-0.05, 0) is 12.1 Å². The maximum absolute atomic E-state index is 12.3. The van der Waals surface area contributed by atoms with Crippen molar-refractivity contribution in [3.05, 3.63) is 18.2 Å². The quantitative estimate of drug-likeness (QED) is 0.917. The van der Waals surface area contributed by atoms with E-state index in [-0.39, 0.29) is 25.5 Å². The third kappa shape index (κ3) is 3.24. The van der Waals surface area contributed by atoms with Crippen LogP contribution in [0.1, 0.15) is 0 Å². The van der Waals surface area contributed by atoms with E-state index in [9.17, 15) is 13.6 Å². The Kier molecular flexibility index (Phi) is 3.92. The number of alkyl halides is 2. The average Bonchev–Trinajstić information content (AvgIpc) is 2.42. The summed E-state index contributed by atoms with van der Waals surface area (Å²) in [7, 11) is 0. The van der Waals surface area contributed by atoms with Crippen molar-refractivity contribution in [2.75, 3.05) is 38.2 Å². The van der Waals surface area contributed by atoms with Gasteiger partial charge in [0.25, 0.3) is 0 Å². The second-order valence-corrected chi connectivity index (χ2v) is 5.20. The topological polar surface area (TPSA) is 50.8 Å². The zero-order valence-corrected chi connectivity index (χ0v) is 11.4. The number of carbonyl (C=O) groups is 1. The number of nitrogens with one attached hydrogen (secondary N) is 1. The molecule has 0 saturated carbocycles. The van der Waals surface area contributed by atoms with Gasteiger partial charge in [-0.15, -0.1) is 0 Å². The summed E-state index contributed by atoms with van der Waals surface area (Å²) >= 11 is 0. The maximum Gasteiger partial charge on any atom is 0.243 e. The van der Waals surface area contributed by atoms with Gasteiger partial charge in [0, 0.05) is 30.8 Å². The van der Waals surface area contributed by atoms with E-state index in [2.05, 4.69) is 5.32 Å². The van der Waals surface area contributed by atoms with Crippen LogP contribution in [-0.2, 0) is 4.79 Å². The van der Waals surface area contributed by atoms with Gasteiger partial charge in [0.15, 0.2) is 11.5 Å². The van der Waals surface area contributed by atoms with Crippen molar-refractivity contribution in [1.29, 1.82) is 0 Å². The van der Waals surface area contributed by atoms with E-state index < -0.39 is 12.3 Å². The SMILES string of the molecule is O=C(CN1CC(C(F)F)C1)Nc1ccc2c(c1)OCCO2. The molecule has 2 aliphatic heterocycles. The molecule has 5 nitrogen and oxygen atoms in total. The summed E-state index contributed by atoms with van der Waals surface area (Å²) < 4.78 is 35.5. The molecule has 0 aliphatic carbocycles. The largest absolute Gasteiger partial charge is 0.486 e. The molecule has 0 bridgehead atoms. The van der Waals surface area contributed by atoms with Crippen molar-refractivity contribution >= 4 is 11.6 Å². The first-order valence-corrected chi connectivity index (χ1v) is 6.82. The van der Waals surface area contributed by atoms with Crippen LogP contribution in [0.3, 0.4) is 0 Å². The molecule has 114 valence electrons. The smallest absolute Gasteiger partial charge is 0.243 e. The lowest BCUT2D eigenvalue weighted by Gasteiger charge is -2.38. The first-order valence-electron chi connectivity index (χ1n) is 6.82. The Morgan fingerprint density at radius 3 is 2.71 bits per heavy atom.